The molecule has 112 valence electrons. The monoisotopic (exact) mass is 309 g/mol. The van der Waals surface area contributed by atoms with Gasteiger partial charge in [0.1, 0.15) is 12.2 Å². The zero-order chi connectivity index (χ0) is 15.4. The lowest BCUT2D eigenvalue weighted by Crippen LogP contribution is -2.39. The lowest BCUT2D eigenvalue weighted by atomic mass is 10.4. The molecule has 21 heavy (non-hydrogen) atoms. The molecule has 0 aliphatic carbocycles. The lowest BCUT2D eigenvalue weighted by Gasteiger charge is -2.07. The maximum atomic E-state index is 12.0. The van der Waals surface area contributed by atoms with E-state index in [1.807, 2.05) is 11.4 Å². The fourth-order valence-electron chi connectivity index (χ4n) is 1.82. The molecule has 2 amide bonds. The molecule has 0 atom stereocenters. The van der Waals surface area contributed by atoms with Gasteiger partial charge in [0.25, 0.3) is 5.91 Å². The molecule has 0 unspecified atom stereocenters. The minimum atomic E-state index is -0.544. The molecule has 0 aromatic carbocycles. The third-order valence-corrected chi connectivity index (χ3v) is 3.82. The summed E-state index contributed by atoms with van der Waals surface area (Å²) in [4.78, 5) is 34.4. The van der Waals surface area contributed by atoms with E-state index in [-0.39, 0.29) is 19.0 Å². The minimum absolute atomic E-state index is 0.200. The number of hydrogen-bond acceptors (Lipinski definition) is 5. The molecule has 2 heterocycles. The molecule has 2 aromatic heterocycles. The van der Waals surface area contributed by atoms with Crippen LogP contribution in [0, 0.1) is 0 Å². The smallest absolute Gasteiger partial charge is 0.325 e. The predicted octanol–water partition coefficient (Wildman–Crippen LogP) is 0.259. The van der Waals surface area contributed by atoms with E-state index in [1.165, 1.54) is 7.11 Å². The van der Waals surface area contributed by atoms with Crippen molar-refractivity contribution in [2.75, 3.05) is 20.2 Å². The van der Waals surface area contributed by atoms with Crippen molar-refractivity contribution in [3.8, 4) is 0 Å². The number of aryl methyl sites for hydroxylation is 1. The number of nitrogens with one attached hydrogen (secondary N) is 2. The first-order valence-corrected chi connectivity index (χ1v) is 7.05. The molecule has 2 aromatic rings. The Morgan fingerprint density at radius 1 is 1.29 bits per heavy atom. The number of fused-ring (bicyclic) bond motifs is 1. The third kappa shape index (κ3) is 3.40. The number of aromatic nitrogens is 1. The van der Waals surface area contributed by atoms with Gasteiger partial charge in [0.15, 0.2) is 0 Å². The highest BCUT2D eigenvalue weighted by Gasteiger charge is 2.15. The first-order chi connectivity index (χ1) is 10.0. The van der Waals surface area contributed by atoms with Crippen molar-refractivity contribution < 1.29 is 19.1 Å². The number of hydrogen-bond donors (Lipinski definition) is 2. The summed E-state index contributed by atoms with van der Waals surface area (Å²) in [5.41, 5.74) is 1.46. The highest BCUT2D eigenvalue weighted by molar-refractivity contribution is 7.17. The number of amides is 2. The zero-order valence-corrected chi connectivity index (χ0v) is 12.5. The van der Waals surface area contributed by atoms with Gasteiger partial charge in [-0.05, 0) is 17.5 Å². The van der Waals surface area contributed by atoms with Gasteiger partial charge >= 0.3 is 5.97 Å². The summed E-state index contributed by atoms with van der Waals surface area (Å²) in [5, 5.41) is 6.81. The van der Waals surface area contributed by atoms with Gasteiger partial charge in [0.05, 0.1) is 23.9 Å². The van der Waals surface area contributed by atoms with Crippen LogP contribution in [0.1, 0.15) is 10.5 Å². The van der Waals surface area contributed by atoms with E-state index in [4.69, 9.17) is 0 Å². The highest BCUT2D eigenvalue weighted by atomic mass is 32.1. The Hall–Kier alpha value is -2.35. The van der Waals surface area contributed by atoms with Gasteiger partial charge in [-0.1, -0.05) is 0 Å². The Morgan fingerprint density at radius 3 is 2.71 bits per heavy atom. The Morgan fingerprint density at radius 2 is 2.05 bits per heavy atom. The summed E-state index contributed by atoms with van der Waals surface area (Å²) in [6.07, 6.45) is 0. The summed E-state index contributed by atoms with van der Waals surface area (Å²) in [5.74, 6) is -1.34. The van der Waals surface area contributed by atoms with E-state index in [9.17, 15) is 14.4 Å². The van der Waals surface area contributed by atoms with Crippen LogP contribution >= 0.6 is 11.3 Å². The number of methoxy groups -OCH3 is 1. The number of thiophene rings is 1. The molecule has 0 bridgehead atoms. The summed E-state index contributed by atoms with van der Waals surface area (Å²) in [6.45, 7) is -0.417. The van der Waals surface area contributed by atoms with Crippen LogP contribution in [-0.4, -0.2) is 42.6 Å². The fourth-order valence-corrected chi connectivity index (χ4v) is 2.67. The largest absolute Gasteiger partial charge is 0.468 e. The Kier molecular flexibility index (Phi) is 4.59. The number of ether oxygens (including phenoxy) is 1. The summed E-state index contributed by atoms with van der Waals surface area (Å²) >= 11 is 1.55. The van der Waals surface area contributed by atoms with Crippen molar-refractivity contribution in [2.45, 2.75) is 0 Å². The van der Waals surface area contributed by atoms with Crippen LogP contribution in [-0.2, 0) is 21.4 Å². The average molecular weight is 309 g/mol. The van der Waals surface area contributed by atoms with Crippen molar-refractivity contribution in [3.05, 3.63) is 23.2 Å². The average Bonchev–Trinajstić information content (AvgIpc) is 3.05. The number of carbonyl (C=O) groups excluding carboxylic acids is 3. The maximum Gasteiger partial charge on any atom is 0.325 e. The Labute approximate surface area is 124 Å². The van der Waals surface area contributed by atoms with Crippen LogP contribution in [0.3, 0.4) is 0 Å². The molecule has 0 aliphatic heterocycles. The van der Waals surface area contributed by atoms with Crippen molar-refractivity contribution in [1.82, 2.24) is 15.2 Å². The normalized spacial score (nSPS) is 10.4. The summed E-state index contributed by atoms with van der Waals surface area (Å²) in [7, 11) is 3.03. The van der Waals surface area contributed by atoms with Crippen LogP contribution < -0.4 is 10.6 Å². The molecular formula is C13H15N3O4S. The van der Waals surface area contributed by atoms with Gasteiger partial charge in [0.2, 0.25) is 5.91 Å². The second-order valence-electron chi connectivity index (χ2n) is 4.29. The van der Waals surface area contributed by atoms with E-state index in [2.05, 4.69) is 15.4 Å². The van der Waals surface area contributed by atoms with Crippen LogP contribution in [0.5, 0.6) is 0 Å². The summed E-state index contributed by atoms with van der Waals surface area (Å²) < 4.78 is 7.18. The number of nitrogens with zero attached hydrogens (tertiary/aromatic N) is 1. The van der Waals surface area contributed by atoms with Gasteiger partial charge in [-0.3, -0.25) is 14.4 Å². The SMILES string of the molecule is COC(=O)CNC(=O)CNC(=O)c1cc2sccc2n1C. The van der Waals surface area contributed by atoms with E-state index >= 15 is 0 Å². The second-order valence-corrected chi connectivity index (χ2v) is 5.24. The summed E-state index contributed by atoms with van der Waals surface area (Å²) in [6, 6.07) is 3.71. The van der Waals surface area contributed by atoms with E-state index < -0.39 is 11.9 Å². The highest BCUT2D eigenvalue weighted by Crippen LogP contribution is 2.23. The maximum absolute atomic E-state index is 12.0. The molecule has 2 rings (SSSR count). The number of esters is 1. The van der Waals surface area contributed by atoms with E-state index in [0.717, 1.165) is 10.2 Å². The Bertz CT molecular complexity index is 689. The van der Waals surface area contributed by atoms with E-state index in [1.54, 1.807) is 29.0 Å². The molecule has 0 spiro atoms. The van der Waals surface area contributed by atoms with Gasteiger partial charge < -0.3 is 19.9 Å². The van der Waals surface area contributed by atoms with E-state index in [0.29, 0.717) is 5.69 Å². The number of carbonyl (C=O) groups is 3. The molecule has 0 fully saturated rings. The van der Waals surface area contributed by atoms with Crippen molar-refractivity contribution in [1.29, 1.82) is 0 Å². The number of rotatable bonds is 5. The molecule has 7 nitrogen and oxygen atoms in total. The standard InChI is InChI=1S/C13H15N3O4S/c1-16-8-3-4-21-10(8)5-9(16)13(19)15-6-11(17)14-7-12(18)20-2/h3-5H,6-7H2,1-2H3,(H,14,17)(H,15,19). The van der Waals surface area contributed by atoms with Crippen LogP contribution in [0.15, 0.2) is 17.5 Å². The fraction of sp³-hybridized carbons (Fsp3) is 0.308. The lowest BCUT2D eigenvalue weighted by molar-refractivity contribution is -0.141. The first-order valence-electron chi connectivity index (χ1n) is 6.17. The predicted molar refractivity (Wildman–Crippen MR) is 78.2 cm³/mol. The molecule has 0 saturated carbocycles. The molecule has 0 radical (unpaired) electrons. The Balaban J connectivity index is 1.89. The topological polar surface area (TPSA) is 89.4 Å². The molecular weight excluding hydrogens is 294 g/mol. The second kappa shape index (κ2) is 6.40. The molecule has 0 aliphatic rings. The quantitative estimate of drug-likeness (QED) is 0.775. The van der Waals surface area contributed by atoms with Crippen molar-refractivity contribution >= 4 is 39.3 Å². The van der Waals surface area contributed by atoms with Crippen LogP contribution in [0.4, 0.5) is 0 Å². The third-order valence-electron chi connectivity index (χ3n) is 2.96. The first kappa shape index (κ1) is 15.0. The van der Waals surface area contributed by atoms with Gasteiger partial charge in [-0.25, -0.2) is 0 Å². The van der Waals surface area contributed by atoms with Gasteiger partial charge in [0, 0.05) is 7.05 Å². The minimum Gasteiger partial charge on any atom is -0.468 e. The zero-order valence-electron chi connectivity index (χ0n) is 11.6. The van der Waals surface area contributed by atoms with Gasteiger partial charge in [-0.15, -0.1) is 11.3 Å². The molecule has 8 heteroatoms. The molecule has 0 saturated heterocycles. The van der Waals surface area contributed by atoms with Crippen LogP contribution in [0.25, 0.3) is 10.2 Å². The van der Waals surface area contributed by atoms with Gasteiger partial charge in [-0.2, -0.15) is 0 Å². The van der Waals surface area contributed by atoms with Crippen molar-refractivity contribution in [3.63, 3.8) is 0 Å². The van der Waals surface area contributed by atoms with Crippen LogP contribution in [0.2, 0.25) is 0 Å². The molecule has 2 N–H and O–H groups in total. The van der Waals surface area contributed by atoms with Crippen molar-refractivity contribution in [2.24, 2.45) is 7.05 Å².